The number of nitrogens with zero attached hydrogens (tertiary/aromatic N) is 1. The molecule has 1 saturated carbocycles. The number of hydrogen-bond donors (Lipinski definition) is 1. The van der Waals surface area contributed by atoms with Crippen LogP contribution in [0.2, 0.25) is 0 Å². The van der Waals surface area contributed by atoms with E-state index in [9.17, 15) is 9.90 Å². The minimum Gasteiger partial charge on any atom is -0.481 e. The van der Waals surface area contributed by atoms with Crippen LogP contribution in [0.5, 0.6) is 0 Å². The van der Waals surface area contributed by atoms with Crippen molar-refractivity contribution < 1.29 is 9.90 Å². The third-order valence-corrected chi connectivity index (χ3v) is 4.16. The van der Waals surface area contributed by atoms with Crippen molar-refractivity contribution >= 4 is 5.97 Å². The summed E-state index contributed by atoms with van der Waals surface area (Å²) >= 11 is 0. The Morgan fingerprint density at radius 1 is 1.26 bits per heavy atom. The molecule has 19 heavy (non-hydrogen) atoms. The maximum Gasteiger partial charge on any atom is 0.310 e. The van der Waals surface area contributed by atoms with Gasteiger partial charge in [-0.15, -0.1) is 0 Å². The maximum atomic E-state index is 11.5. The average Bonchev–Trinajstić information content (AvgIpc) is 2.82. The Labute approximate surface area is 115 Å². The monoisotopic (exact) mass is 261 g/mol. The van der Waals surface area contributed by atoms with Crippen LogP contribution >= 0.6 is 0 Å². The zero-order valence-electron chi connectivity index (χ0n) is 11.9. The van der Waals surface area contributed by atoms with Crippen molar-refractivity contribution in [2.75, 3.05) is 13.6 Å². The first kappa shape index (κ1) is 14.1. The third kappa shape index (κ3) is 3.35. The first-order valence-electron chi connectivity index (χ1n) is 6.99. The molecule has 0 aromatic heterocycles. The SMILES string of the molecule is Cc1ccc(CN(C)CC2(C(=O)O)CCCC2)cc1. The summed E-state index contributed by atoms with van der Waals surface area (Å²) in [6.07, 6.45) is 3.73. The zero-order valence-corrected chi connectivity index (χ0v) is 11.9. The van der Waals surface area contributed by atoms with Gasteiger partial charge in [-0.3, -0.25) is 4.79 Å². The van der Waals surface area contributed by atoms with E-state index >= 15 is 0 Å². The van der Waals surface area contributed by atoms with Gasteiger partial charge >= 0.3 is 5.97 Å². The van der Waals surface area contributed by atoms with Gasteiger partial charge in [-0.25, -0.2) is 0 Å². The van der Waals surface area contributed by atoms with Crippen LogP contribution in [0.25, 0.3) is 0 Å². The summed E-state index contributed by atoms with van der Waals surface area (Å²) in [5, 5.41) is 9.49. The number of hydrogen-bond acceptors (Lipinski definition) is 2. The fourth-order valence-corrected chi connectivity index (χ4v) is 3.07. The van der Waals surface area contributed by atoms with E-state index < -0.39 is 11.4 Å². The van der Waals surface area contributed by atoms with Crippen molar-refractivity contribution in [3.05, 3.63) is 35.4 Å². The number of carboxylic acids is 1. The number of rotatable bonds is 5. The highest BCUT2D eigenvalue weighted by molar-refractivity contribution is 5.75. The molecule has 0 radical (unpaired) electrons. The fourth-order valence-electron chi connectivity index (χ4n) is 3.07. The molecule has 104 valence electrons. The van der Waals surface area contributed by atoms with Crippen LogP contribution in [-0.4, -0.2) is 29.6 Å². The van der Waals surface area contributed by atoms with Crippen molar-refractivity contribution in [2.24, 2.45) is 5.41 Å². The summed E-state index contributed by atoms with van der Waals surface area (Å²) < 4.78 is 0. The predicted molar refractivity (Wildman–Crippen MR) is 76.0 cm³/mol. The highest BCUT2D eigenvalue weighted by Crippen LogP contribution is 2.39. The molecule has 1 N–H and O–H groups in total. The Hall–Kier alpha value is -1.35. The van der Waals surface area contributed by atoms with E-state index in [2.05, 4.69) is 36.1 Å². The molecule has 1 aromatic rings. The number of aliphatic carboxylic acids is 1. The van der Waals surface area contributed by atoms with Crippen molar-refractivity contribution in [3.63, 3.8) is 0 Å². The van der Waals surface area contributed by atoms with E-state index in [4.69, 9.17) is 0 Å². The average molecular weight is 261 g/mol. The van der Waals surface area contributed by atoms with Crippen LogP contribution in [-0.2, 0) is 11.3 Å². The summed E-state index contributed by atoms with van der Waals surface area (Å²) in [6.45, 7) is 3.54. The third-order valence-electron chi connectivity index (χ3n) is 4.16. The van der Waals surface area contributed by atoms with Gasteiger partial charge in [0.2, 0.25) is 0 Å². The van der Waals surface area contributed by atoms with Crippen LogP contribution in [0, 0.1) is 12.3 Å². The Morgan fingerprint density at radius 3 is 2.37 bits per heavy atom. The van der Waals surface area contributed by atoms with Gasteiger partial charge in [-0.05, 0) is 32.4 Å². The second-order valence-electron chi connectivity index (χ2n) is 5.95. The normalized spacial score (nSPS) is 17.8. The summed E-state index contributed by atoms with van der Waals surface area (Å²) in [7, 11) is 2.02. The van der Waals surface area contributed by atoms with Crippen LogP contribution in [0.4, 0.5) is 0 Å². The maximum absolute atomic E-state index is 11.5. The van der Waals surface area contributed by atoms with Crippen molar-refractivity contribution in [2.45, 2.75) is 39.2 Å². The second-order valence-corrected chi connectivity index (χ2v) is 5.95. The van der Waals surface area contributed by atoms with Gasteiger partial charge in [0.25, 0.3) is 0 Å². The minimum atomic E-state index is -0.624. The summed E-state index contributed by atoms with van der Waals surface area (Å²) in [6, 6.07) is 8.44. The van der Waals surface area contributed by atoms with E-state index in [0.29, 0.717) is 6.54 Å². The van der Waals surface area contributed by atoms with Gasteiger partial charge < -0.3 is 10.0 Å². The molecule has 0 bridgehead atoms. The second kappa shape index (κ2) is 5.74. The van der Waals surface area contributed by atoms with Crippen molar-refractivity contribution in [3.8, 4) is 0 Å². The van der Waals surface area contributed by atoms with Gasteiger partial charge in [0.05, 0.1) is 5.41 Å². The standard InChI is InChI=1S/C16H23NO2/c1-13-5-7-14(8-6-13)11-17(2)12-16(15(18)19)9-3-4-10-16/h5-8H,3-4,9-12H2,1-2H3,(H,18,19). The molecule has 1 aromatic carbocycles. The molecule has 0 heterocycles. The molecule has 1 aliphatic rings. The Morgan fingerprint density at radius 2 is 1.84 bits per heavy atom. The quantitative estimate of drug-likeness (QED) is 0.885. The first-order chi connectivity index (χ1) is 9.02. The number of aryl methyl sites for hydroxylation is 1. The Bertz CT molecular complexity index is 433. The van der Waals surface area contributed by atoms with Crippen LogP contribution in [0.1, 0.15) is 36.8 Å². The Balaban J connectivity index is 1.98. The van der Waals surface area contributed by atoms with E-state index in [-0.39, 0.29) is 0 Å². The van der Waals surface area contributed by atoms with Gasteiger partial charge in [-0.2, -0.15) is 0 Å². The molecule has 0 unspecified atom stereocenters. The molecule has 1 fully saturated rings. The molecule has 3 heteroatoms. The van der Waals surface area contributed by atoms with E-state index in [1.54, 1.807) is 0 Å². The zero-order chi connectivity index (χ0) is 13.9. The van der Waals surface area contributed by atoms with Crippen LogP contribution < -0.4 is 0 Å². The van der Waals surface area contributed by atoms with E-state index in [1.165, 1.54) is 11.1 Å². The topological polar surface area (TPSA) is 40.5 Å². The smallest absolute Gasteiger partial charge is 0.310 e. The highest BCUT2D eigenvalue weighted by Gasteiger charge is 2.41. The first-order valence-corrected chi connectivity index (χ1v) is 6.99. The summed E-state index contributed by atoms with van der Waals surface area (Å²) in [5.41, 5.74) is 1.98. The van der Waals surface area contributed by atoms with Gasteiger partial charge in [0.1, 0.15) is 0 Å². The lowest BCUT2D eigenvalue weighted by atomic mass is 9.85. The van der Waals surface area contributed by atoms with Crippen molar-refractivity contribution in [1.29, 1.82) is 0 Å². The predicted octanol–water partition coefficient (Wildman–Crippen LogP) is 3.07. The van der Waals surface area contributed by atoms with Crippen molar-refractivity contribution in [1.82, 2.24) is 4.90 Å². The molecule has 0 aliphatic heterocycles. The number of carboxylic acid groups (broad SMARTS) is 1. The van der Waals surface area contributed by atoms with Crippen LogP contribution in [0.3, 0.4) is 0 Å². The molecule has 0 saturated heterocycles. The summed E-state index contributed by atoms with van der Waals surface area (Å²) in [4.78, 5) is 13.7. The van der Waals surface area contributed by atoms with E-state index in [0.717, 1.165) is 32.2 Å². The molecule has 3 nitrogen and oxygen atoms in total. The lowest BCUT2D eigenvalue weighted by Gasteiger charge is -2.29. The lowest BCUT2D eigenvalue weighted by Crippen LogP contribution is -2.39. The largest absolute Gasteiger partial charge is 0.481 e. The lowest BCUT2D eigenvalue weighted by molar-refractivity contribution is -0.149. The van der Waals surface area contributed by atoms with Gasteiger partial charge in [-0.1, -0.05) is 42.7 Å². The highest BCUT2D eigenvalue weighted by atomic mass is 16.4. The Kier molecular flexibility index (Phi) is 4.25. The van der Waals surface area contributed by atoms with Crippen LogP contribution in [0.15, 0.2) is 24.3 Å². The molecule has 0 spiro atoms. The molecule has 0 atom stereocenters. The van der Waals surface area contributed by atoms with Gasteiger partial charge in [0.15, 0.2) is 0 Å². The molecular formula is C16H23NO2. The number of carbonyl (C=O) groups is 1. The van der Waals surface area contributed by atoms with E-state index in [1.807, 2.05) is 7.05 Å². The molecular weight excluding hydrogens is 238 g/mol. The molecule has 0 amide bonds. The minimum absolute atomic E-state index is 0.514. The number of benzene rings is 1. The summed E-state index contributed by atoms with van der Waals surface area (Å²) in [5.74, 6) is -0.624. The van der Waals surface area contributed by atoms with Gasteiger partial charge in [0, 0.05) is 13.1 Å². The molecule has 1 aliphatic carbocycles. The fraction of sp³-hybridized carbons (Fsp3) is 0.562. The molecule has 2 rings (SSSR count).